The van der Waals surface area contributed by atoms with Gasteiger partial charge in [-0.15, -0.1) is 0 Å². The van der Waals surface area contributed by atoms with Gasteiger partial charge in [-0.1, -0.05) is 30.3 Å². The van der Waals surface area contributed by atoms with Crippen LogP contribution in [0.1, 0.15) is 30.4 Å². The first-order valence-corrected chi connectivity index (χ1v) is 8.49. The topological polar surface area (TPSA) is 49.4 Å². The fourth-order valence-corrected chi connectivity index (χ4v) is 3.63. The minimum atomic E-state index is -0.124. The van der Waals surface area contributed by atoms with Gasteiger partial charge < -0.3 is 10.2 Å². The number of piperidine rings is 1. The number of rotatable bonds is 3. The van der Waals surface area contributed by atoms with Crippen LogP contribution in [0.15, 0.2) is 42.5 Å². The second-order valence-electron chi connectivity index (χ2n) is 6.53. The molecule has 0 atom stereocenters. The van der Waals surface area contributed by atoms with E-state index in [4.69, 9.17) is 0 Å². The first-order valence-electron chi connectivity index (χ1n) is 8.49. The highest BCUT2D eigenvalue weighted by Gasteiger charge is 2.21. The molecule has 0 spiro atoms. The molecular weight excluding hydrogens is 300 g/mol. The smallest absolute Gasteiger partial charge is 0.243 e. The number of nitrogens with one attached hydrogen (secondary N) is 1. The molecule has 0 unspecified atom stereocenters. The van der Waals surface area contributed by atoms with Crippen LogP contribution in [0.2, 0.25) is 0 Å². The Hall–Kier alpha value is -2.62. The molecule has 0 bridgehead atoms. The zero-order valence-electron chi connectivity index (χ0n) is 13.5. The molecule has 4 rings (SSSR count). The van der Waals surface area contributed by atoms with E-state index in [-0.39, 0.29) is 18.4 Å². The van der Waals surface area contributed by atoms with Crippen molar-refractivity contribution < 1.29 is 9.59 Å². The van der Waals surface area contributed by atoms with Crippen molar-refractivity contribution in [2.24, 2.45) is 0 Å². The fraction of sp³-hybridized carbons (Fsp3) is 0.300. The van der Waals surface area contributed by atoms with Crippen LogP contribution in [-0.2, 0) is 16.0 Å². The lowest BCUT2D eigenvalue weighted by Crippen LogP contribution is -2.40. The van der Waals surface area contributed by atoms with E-state index in [1.54, 1.807) is 4.90 Å². The second kappa shape index (κ2) is 6.11. The van der Waals surface area contributed by atoms with E-state index in [0.717, 1.165) is 24.9 Å². The van der Waals surface area contributed by atoms with Gasteiger partial charge in [0.2, 0.25) is 11.8 Å². The lowest BCUT2D eigenvalue weighted by atomic mass is 10.1. The third-order valence-electron chi connectivity index (χ3n) is 4.83. The number of fused-ring (bicyclic) bond motifs is 3. The maximum absolute atomic E-state index is 12.2. The van der Waals surface area contributed by atoms with Crippen LogP contribution in [0.3, 0.4) is 0 Å². The van der Waals surface area contributed by atoms with Gasteiger partial charge in [-0.2, -0.15) is 0 Å². The Balaban J connectivity index is 1.45. The van der Waals surface area contributed by atoms with E-state index in [9.17, 15) is 9.59 Å². The van der Waals surface area contributed by atoms with Gasteiger partial charge in [0.25, 0.3) is 0 Å². The summed E-state index contributed by atoms with van der Waals surface area (Å²) in [5, 5.41) is 2.93. The number of anilines is 1. The Morgan fingerprint density at radius 1 is 1.04 bits per heavy atom. The average Bonchev–Trinajstić information content (AvgIpc) is 2.94. The Morgan fingerprint density at radius 2 is 1.88 bits per heavy atom. The SMILES string of the molecule is O=C(CN1CCCCC1=O)Nc1ccc2c(c1)Cc1ccccc1-2. The number of amides is 2. The Morgan fingerprint density at radius 3 is 2.75 bits per heavy atom. The first-order chi connectivity index (χ1) is 11.7. The number of carbonyl (C=O) groups is 2. The third kappa shape index (κ3) is 2.80. The average molecular weight is 320 g/mol. The van der Waals surface area contributed by atoms with Crippen molar-refractivity contribution in [3.8, 4) is 11.1 Å². The molecule has 0 radical (unpaired) electrons. The van der Waals surface area contributed by atoms with E-state index in [1.807, 2.05) is 12.1 Å². The number of hydrogen-bond donors (Lipinski definition) is 1. The molecule has 1 fully saturated rings. The molecule has 122 valence electrons. The summed E-state index contributed by atoms with van der Waals surface area (Å²) in [6.07, 6.45) is 3.38. The Kier molecular flexibility index (Phi) is 3.81. The number of hydrogen-bond acceptors (Lipinski definition) is 2. The number of likely N-dealkylation sites (tertiary alicyclic amines) is 1. The van der Waals surface area contributed by atoms with Crippen LogP contribution in [-0.4, -0.2) is 29.8 Å². The molecule has 4 nitrogen and oxygen atoms in total. The van der Waals surface area contributed by atoms with Crippen molar-refractivity contribution in [3.63, 3.8) is 0 Å². The van der Waals surface area contributed by atoms with Crippen LogP contribution in [0, 0.1) is 0 Å². The van der Waals surface area contributed by atoms with Gasteiger partial charge in [0.05, 0.1) is 6.54 Å². The minimum Gasteiger partial charge on any atom is -0.333 e. The highest BCUT2D eigenvalue weighted by atomic mass is 16.2. The third-order valence-corrected chi connectivity index (χ3v) is 4.83. The normalized spacial score (nSPS) is 15.8. The zero-order chi connectivity index (χ0) is 16.5. The first kappa shape index (κ1) is 14.9. The van der Waals surface area contributed by atoms with Crippen molar-refractivity contribution >= 4 is 17.5 Å². The lowest BCUT2D eigenvalue weighted by Gasteiger charge is -2.26. The highest BCUT2D eigenvalue weighted by molar-refractivity contribution is 5.95. The molecule has 1 N–H and O–H groups in total. The molecule has 2 aromatic carbocycles. The Bertz CT molecular complexity index is 813. The summed E-state index contributed by atoms with van der Waals surface area (Å²) in [7, 11) is 0. The van der Waals surface area contributed by atoms with Crippen molar-refractivity contribution in [2.45, 2.75) is 25.7 Å². The molecule has 24 heavy (non-hydrogen) atoms. The number of nitrogens with zero attached hydrogens (tertiary/aromatic N) is 1. The van der Waals surface area contributed by atoms with Gasteiger partial charge in [-0.3, -0.25) is 9.59 Å². The summed E-state index contributed by atoms with van der Waals surface area (Å²) in [4.78, 5) is 25.7. The van der Waals surface area contributed by atoms with Crippen LogP contribution in [0.5, 0.6) is 0 Å². The van der Waals surface area contributed by atoms with Crippen molar-refractivity contribution in [1.82, 2.24) is 4.90 Å². The molecule has 2 aliphatic rings. The second-order valence-corrected chi connectivity index (χ2v) is 6.53. The van der Waals surface area contributed by atoms with Crippen molar-refractivity contribution in [1.29, 1.82) is 0 Å². The lowest BCUT2D eigenvalue weighted by molar-refractivity contribution is -0.136. The molecule has 4 heteroatoms. The van der Waals surface area contributed by atoms with Gasteiger partial charge in [0.1, 0.15) is 0 Å². The van der Waals surface area contributed by atoms with Gasteiger partial charge in [0.15, 0.2) is 0 Å². The molecule has 1 aliphatic carbocycles. The molecule has 0 saturated carbocycles. The maximum Gasteiger partial charge on any atom is 0.243 e. The van der Waals surface area contributed by atoms with E-state index in [2.05, 4.69) is 35.6 Å². The van der Waals surface area contributed by atoms with Crippen LogP contribution >= 0.6 is 0 Å². The number of benzene rings is 2. The minimum absolute atomic E-state index is 0.0841. The van der Waals surface area contributed by atoms with Gasteiger partial charge in [-0.05, 0) is 53.6 Å². The molecular formula is C20H20N2O2. The molecule has 1 aliphatic heterocycles. The van der Waals surface area contributed by atoms with Crippen molar-refractivity contribution in [3.05, 3.63) is 53.6 Å². The standard InChI is InChI=1S/C20H20N2O2/c23-19(13-22-10-4-3-7-20(22)24)21-16-8-9-18-15(12-16)11-14-5-1-2-6-17(14)18/h1-2,5-6,8-9,12H,3-4,7,10-11,13H2,(H,21,23). The summed E-state index contributed by atoms with van der Waals surface area (Å²) in [5.41, 5.74) is 5.90. The van der Waals surface area contributed by atoms with Crippen molar-refractivity contribution in [2.75, 3.05) is 18.4 Å². The number of carbonyl (C=O) groups excluding carboxylic acids is 2. The predicted molar refractivity (Wildman–Crippen MR) is 93.7 cm³/mol. The largest absolute Gasteiger partial charge is 0.333 e. The van der Waals surface area contributed by atoms with Crippen LogP contribution < -0.4 is 5.32 Å². The van der Waals surface area contributed by atoms with E-state index in [0.29, 0.717) is 13.0 Å². The summed E-state index contributed by atoms with van der Waals surface area (Å²) in [6, 6.07) is 14.5. The fourth-order valence-electron chi connectivity index (χ4n) is 3.63. The van der Waals surface area contributed by atoms with Gasteiger partial charge in [0, 0.05) is 18.7 Å². The summed E-state index contributed by atoms with van der Waals surface area (Å²) in [5.74, 6) is -0.0403. The molecule has 1 heterocycles. The molecule has 2 amide bonds. The molecule has 0 aromatic heterocycles. The summed E-state index contributed by atoms with van der Waals surface area (Å²) in [6.45, 7) is 0.835. The van der Waals surface area contributed by atoms with Crippen LogP contribution in [0.25, 0.3) is 11.1 Å². The van der Waals surface area contributed by atoms with E-state index in [1.165, 1.54) is 22.3 Å². The maximum atomic E-state index is 12.2. The zero-order valence-corrected chi connectivity index (χ0v) is 13.5. The van der Waals surface area contributed by atoms with E-state index >= 15 is 0 Å². The van der Waals surface area contributed by atoms with E-state index < -0.39 is 0 Å². The van der Waals surface area contributed by atoms with Gasteiger partial charge >= 0.3 is 0 Å². The predicted octanol–water partition coefficient (Wildman–Crippen LogP) is 3.21. The van der Waals surface area contributed by atoms with Crippen LogP contribution in [0.4, 0.5) is 5.69 Å². The highest BCUT2D eigenvalue weighted by Crippen LogP contribution is 2.37. The monoisotopic (exact) mass is 320 g/mol. The van der Waals surface area contributed by atoms with Gasteiger partial charge in [-0.25, -0.2) is 0 Å². The summed E-state index contributed by atoms with van der Waals surface area (Å²) < 4.78 is 0. The summed E-state index contributed by atoms with van der Waals surface area (Å²) >= 11 is 0. The molecule has 1 saturated heterocycles. The quantitative estimate of drug-likeness (QED) is 0.805. The Labute approximate surface area is 141 Å². The molecule has 2 aromatic rings.